The van der Waals surface area contributed by atoms with Crippen molar-refractivity contribution < 1.29 is 18.7 Å². The van der Waals surface area contributed by atoms with Crippen LogP contribution in [0.3, 0.4) is 0 Å². The fraction of sp³-hybridized carbons (Fsp3) is 0.679. The average Bonchev–Trinajstić information content (AvgIpc) is 2.80. The van der Waals surface area contributed by atoms with E-state index in [0.717, 1.165) is 37.0 Å². The van der Waals surface area contributed by atoms with Gasteiger partial charge in [0.15, 0.2) is 11.6 Å². The topological polar surface area (TPSA) is 35.5 Å². The van der Waals surface area contributed by atoms with Crippen molar-refractivity contribution in [2.75, 3.05) is 6.61 Å². The van der Waals surface area contributed by atoms with Crippen LogP contribution in [0.4, 0.5) is 4.39 Å². The molecule has 0 aliphatic heterocycles. The predicted octanol–water partition coefficient (Wildman–Crippen LogP) is 7.34. The van der Waals surface area contributed by atoms with E-state index in [1.54, 1.807) is 6.07 Å². The summed E-state index contributed by atoms with van der Waals surface area (Å²) in [4.78, 5) is 13.1. The molecule has 4 rings (SSSR count). The van der Waals surface area contributed by atoms with Gasteiger partial charge in [-0.3, -0.25) is 4.79 Å². The standard InChI is InChI=1S/C28H39FO3/c1-3-4-16-31-23-13-15-27(26(29)18-23)32-28(30)25-7-5-6-22-17-21(12-14-24(22)25)20-10-8-19(2)9-11-20/h3-4,13,15,18-22,24-25H,5-12,14,16-17H2,1-2H3/b4-3+. The Balaban J connectivity index is 1.34. The number of hydrogen-bond donors (Lipinski definition) is 0. The third kappa shape index (κ3) is 5.55. The van der Waals surface area contributed by atoms with Crippen LogP contribution in [0.25, 0.3) is 0 Å². The Hall–Kier alpha value is -1.84. The maximum absolute atomic E-state index is 14.5. The molecule has 3 aliphatic carbocycles. The van der Waals surface area contributed by atoms with Gasteiger partial charge in [0.2, 0.25) is 0 Å². The molecular formula is C28H39FO3. The molecule has 3 nitrogen and oxygen atoms in total. The lowest BCUT2D eigenvalue weighted by molar-refractivity contribution is -0.144. The first-order chi connectivity index (χ1) is 15.5. The van der Waals surface area contributed by atoms with Gasteiger partial charge in [-0.15, -0.1) is 0 Å². The zero-order valence-corrected chi connectivity index (χ0v) is 19.7. The summed E-state index contributed by atoms with van der Waals surface area (Å²) in [5, 5.41) is 0. The highest BCUT2D eigenvalue weighted by atomic mass is 19.1. The molecule has 0 amide bonds. The quantitative estimate of drug-likeness (QED) is 0.262. The number of ether oxygens (including phenoxy) is 2. The molecule has 176 valence electrons. The highest BCUT2D eigenvalue weighted by Crippen LogP contribution is 2.50. The average molecular weight is 443 g/mol. The molecule has 4 heteroatoms. The SMILES string of the molecule is C/C=C/COc1ccc(OC(=O)C2CCCC3CC(C4CCC(C)CC4)CCC32)c(F)c1. The van der Waals surface area contributed by atoms with Gasteiger partial charge in [0.25, 0.3) is 0 Å². The summed E-state index contributed by atoms with van der Waals surface area (Å²) < 4.78 is 25.6. The minimum Gasteiger partial charge on any atom is -0.489 e. The van der Waals surface area contributed by atoms with Gasteiger partial charge in [0.1, 0.15) is 12.4 Å². The van der Waals surface area contributed by atoms with Gasteiger partial charge in [0, 0.05) is 6.07 Å². The number of halogens is 1. The van der Waals surface area contributed by atoms with Crippen molar-refractivity contribution in [1.29, 1.82) is 0 Å². The van der Waals surface area contributed by atoms with Crippen LogP contribution in [0.15, 0.2) is 30.4 Å². The molecule has 0 heterocycles. The van der Waals surface area contributed by atoms with Gasteiger partial charge < -0.3 is 9.47 Å². The predicted molar refractivity (Wildman–Crippen MR) is 125 cm³/mol. The van der Waals surface area contributed by atoms with Crippen LogP contribution in [0.1, 0.15) is 78.1 Å². The number of hydrogen-bond acceptors (Lipinski definition) is 3. The molecule has 0 aromatic heterocycles. The second-order valence-electron chi connectivity index (χ2n) is 10.4. The van der Waals surface area contributed by atoms with Crippen LogP contribution in [0.2, 0.25) is 0 Å². The molecule has 0 spiro atoms. The molecule has 1 aromatic carbocycles. The van der Waals surface area contributed by atoms with E-state index in [4.69, 9.17) is 9.47 Å². The normalized spacial score (nSPS) is 33.0. The number of rotatable bonds is 6. The lowest BCUT2D eigenvalue weighted by Crippen LogP contribution is -2.40. The van der Waals surface area contributed by atoms with E-state index in [-0.39, 0.29) is 17.6 Å². The summed E-state index contributed by atoms with van der Waals surface area (Å²) in [6.45, 7) is 4.68. The molecule has 1 aromatic rings. The van der Waals surface area contributed by atoms with Crippen LogP contribution >= 0.6 is 0 Å². The van der Waals surface area contributed by atoms with Gasteiger partial charge in [-0.05, 0) is 87.2 Å². The molecule has 0 N–H and O–H groups in total. The Bertz CT molecular complexity index is 796. The minimum absolute atomic E-state index is 0.0144. The second-order valence-corrected chi connectivity index (χ2v) is 10.4. The molecule has 0 bridgehead atoms. The monoisotopic (exact) mass is 442 g/mol. The van der Waals surface area contributed by atoms with E-state index in [1.165, 1.54) is 57.1 Å². The number of benzene rings is 1. The molecule has 0 saturated heterocycles. The second kappa shape index (κ2) is 10.9. The van der Waals surface area contributed by atoms with Crippen LogP contribution < -0.4 is 9.47 Å². The van der Waals surface area contributed by atoms with Crippen molar-refractivity contribution in [3.8, 4) is 11.5 Å². The van der Waals surface area contributed by atoms with Crippen LogP contribution in [0.5, 0.6) is 11.5 Å². The smallest absolute Gasteiger partial charge is 0.314 e. The molecule has 4 atom stereocenters. The van der Waals surface area contributed by atoms with E-state index in [1.807, 2.05) is 19.1 Å². The molecule has 3 saturated carbocycles. The van der Waals surface area contributed by atoms with E-state index >= 15 is 0 Å². The van der Waals surface area contributed by atoms with Gasteiger partial charge >= 0.3 is 5.97 Å². The number of esters is 1. The first-order valence-electron chi connectivity index (χ1n) is 12.8. The Kier molecular flexibility index (Phi) is 7.91. The molecule has 3 aliphatic rings. The highest BCUT2D eigenvalue weighted by molar-refractivity contribution is 5.75. The third-order valence-corrected chi connectivity index (χ3v) is 8.41. The Labute approximate surface area is 192 Å². The third-order valence-electron chi connectivity index (χ3n) is 8.41. The van der Waals surface area contributed by atoms with Crippen LogP contribution in [0, 0.1) is 41.3 Å². The van der Waals surface area contributed by atoms with E-state index < -0.39 is 5.82 Å². The molecule has 3 fully saturated rings. The number of carbonyl (C=O) groups is 1. The van der Waals surface area contributed by atoms with Crippen LogP contribution in [-0.2, 0) is 4.79 Å². The zero-order valence-electron chi connectivity index (χ0n) is 19.7. The number of fused-ring (bicyclic) bond motifs is 1. The van der Waals surface area contributed by atoms with Gasteiger partial charge in [-0.25, -0.2) is 4.39 Å². The summed E-state index contributed by atoms with van der Waals surface area (Å²) in [7, 11) is 0. The molecule has 4 unspecified atom stereocenters. The fourth-order valence-electron chi connectivity index (χ4n) is 6.56. The number of carbonyl (C=O) groups excluding carboxylic acids is 1. The van der Waals surface area contributed by atoms with E-state index in [2.05, 4.69) is 6.92 Å². The van der Waals surface area contributed by atoms with Gasteiger partial charge in [-0.1, -0.05) is 44.8 Å². The minimum atomic E-state index is -0.543. The molecular weight excluding hydrogens is 403 g/mol. The van der Waals surface area contributed by atoms with Gasteiger partial charge in [0.05, 0.1) is 5.92 Å². The highest BCUT2D eigenvalue weighted by Gasteiger charge is 2.43. The Morgan fingerprint density at radius 1 is 1.03 bits per heavy atom. The maximum Gasteiger partial charge on any atom is 0.314 e. The van der Waals surface area contributed by atoms with Crippen molar-refractivity contribution in [3.63, 3.8) is 0 Å². The summed E-state index contributed by atoms with van der Waals surface area (Å²) >= 11 is 0. The first-order valence-corrected chi connectivity index (χ1v) is 12.8. The summed E-state index contributed by atoms with van der Waals surface area (Å²) in [5.74, 6) is 3.23. The van der Waals surface area contributed by atoms with Crippen molar-refractivity contribution in [1.82, 2.24) is 0 Å². The van der Waals surface area contributed by atoms with Crippen LogP contribution in [-0.4, -0.2) is 12.6 Å². The largest absolute Gasteiger partial charge is 0.489 e. The van der Waals surface area contributed by atoms with Crippen molar-refractivity contribution in [3.05, 3.63) is 36.2 Å². The maximum atomic E-state index is 14.5. The molecule has 0 radical (unpaired) electrons. The first kappa shape index (κ1) is 23.3. The molecule has 32 heavy (non-hydrogen) atoms. The zero-order chi connectivity index (χ0) is 22.5. The van der Waals surface area contributed by atoms with Crippen molar-refractivity contribution >= 4 is 5.97 Å². The van der Waals surface area contributed by atoms with E-state index in [0.29, 0.717) is 24.2 Å². The fourth-order valence-corrected chi connectivity index (χ4v) is 6.56. The van der Waals surface area contributed by atoms with Gasteiger partial charge in [-0.2, -0.15) is 0 Å². The number of allylic oxidation sites excluding steroid dienone is 1. The van der Waals surface area contributed by atoms with E-state index in [9.17, 15) is 9.18 Å². The summed E-state index contributed by atoms with van der Waals surface area (Å²) in [5.41, 5.74) is 0. The lowest BCUT2D eigenvalue weighted by atomic mass is 9.59. The Morgan fingerprint density at radius 3 is 2.56 bits per heavy atom. The summed E-state index contributed by atoms with van der Waals surface area (Å²) in [6, 6.07) is 4.47. The Morgan fingerprint density at radius 2 is 1.81 bits per heavy atom. The lowest BCUT2D eigenvalue weighted by Gasteiger charge is -2.45. The van der Waals surface area contributed by atoms with Crippen molar-refractivity contribution in [2.24, 2.45) is 35.5 Å². The summed E-state index contributed by atoms with van der Waals surface area (Å²) in [6.07, 6.45) is 16.1. The van der Waals surface area contributed by atoms with Crippen molar-refractivity contribution in [2.45, 2.75) is 78.1 Å².